The number of hydrogen-bond donors (Lipinski definition) is 2. The van der Waals surface area contributed by atoms with Crippen molar-refractivity contribution in [3.63, 3.8) is 0 Å². The fourth-order valence-corrected chi connectivity index (χ4v) is 3.74. The summed E-state index contributed by atoms with van der Waals surface area (Å²) in [5.74, 6) is 0.531. The van der Waals surface area contributed by atoms with E-state index in [1.807, 2.05) is 49.3 Å². The van der Waals surface area contributed by atoms with Crippen molar-refractivity contribution in [3.05, 3.63) is 76.3 Å². The third-order valence-corrected chi connectivity index (χ3v) is 5.59. The molecule has 0 aliphatic carbocycles. The van der Waals surface area contributed by atoms with Crippen LogP contribution in [0.1, 0.15) is 5.56 Å². The summed E-state index contributed by atoms with van der Waals surface area (Å²) in [4.78, 5) is 6.33. The smallest absolute Gasteiger partial charge is 0.200 e. The largest absolute Gasteiger partial charge is 0.507 e. The molecule has 0 unspecified atom stereocenters. The summed E-state index contributed by atoms with van der Waals surface area (Å²) in [6, 6.07) is 13.0. The summed E-state index contributed by atoms with van der Waals surface area (Å²) in [7, 11) is 3.84. The van der Waals surface area contributed by atoms with E-state index in [0.29, 0.717) is 27.6 Å². The fraction of sp³-hybridized carbons (Fsp3) is 0.136. The molecule has 0 amide bonds. The lowest BCUT2D eigenvalue weighted by atomic mass is 10.0. The van der Waals surface area contributed by atoms with Crippen LogP contribution in [0.25, 0.3) is 28.0 Å². The Balaban J connectivity index is 1.87. The summed E-state index contributed by atoms with van der Waals surface area (Å²) in [6.07, 6.45) is 2.27. The topological polar surface area (TPSA) is 70.0 Å². The van der Waals surface area contributed by atoms with Gasteiger partial charge >= 0.3 is 0 Å². The Morgan fingerprint density at radius 2 is 2.07 bits per heavy atom. The van der Waals surface area contributed by atoms with Crippen LogP contribution in [0.4, 0.5) is 0 Å². The van der Waals surface area contributed by atoms with Crippen LogP contribution >= 0.6 is 23.8 Å². The Morgan fingerprint density at radius 3 is 2.83 bits per heavy atom. The third-order valence-electron chi connectivity index (χ3n) is 4.97. The minimum absolute atomic E-state index is 0.0644. The SMILES string of the molecule is C=C(Cc1cc(O)c(-c2n[nH]c(=S)n2-c2cccc3ncccc23)cc1Cl)N(C)C. The molecule has 0 aliphatic heterocycles. The molecule has 152 valence electrons. The predicted molar refractivity (Wildman–Crippen MR) is 123 cm³/mol. The number of aromatic nitrogens is 4. The first-order valence-electron chi connectivity index (χ1n) is 9.25. The molecule has 4 aromatic rings. The van der Waals surface area contributed by atoms with E-state index >= 15 is 0 Å². The van der Waals surface area contributed by atoms with Crippen molar-refractivity contribution in [2.75, 3.05) is 14.1 Å². The van der Waals surface area contributed by atoms with E-state index in [1.54, 1.807) is 22.9 Å². The van der Waals surface area contributed by atoms with Gasteiger partial charge in [0.05, 0.1) is 16.8 Å². The molecule has 2 aromatic carbocycles. The van der Waals surface area contributed by atoms with Gasteiger partial charge in [0, 0.05) is 42.8 Å². The number of hydrogen-bond acceptors (Lipinski definition) is 5. The van der Waals surface area contributed by atoms with Crippen LogP contribution in [-0.4, -0.2) is 43.9 Å². The van der Waals surface area contributed by atoms with E-state index in [1.165, 1.54) is 0 Å². The summed E-state index contributed by atoms with van der Waals surface area (Å²) in [5, 5.41) is 19.4. The highest BCUT2D eigenvalue weighted by Gasteiger charge is 2.18. The number of nitrogens with zero attached hydrogens (tertiary/aromatic N) is 4. The number of likely N-dealkylation sites (N-methyl/N-ethyl adjacent to an activating group) is 1. The number of nitrogens with one attached hydrogen (secondary N) is 1. The van der Waals surface area contributed by atoms with E-state index in [0.717, 1.165) is 27.9 Å². The molecule has 0 fully saturated rings. The summed E-state index contributed by atoms with van der Waals surface area (Å²) in [5.41, 5.74) is 3.80. The van der Waals surface area contributed by atoms with Gasteiger partial charge in [0.25, 0.3) is 0 Å². The van der Waals surface area contributed by atoms with E-state index in [-0.39, 0.29) is 5.75 Å². The van der Waals surface area contributed by atoms with Crippen molar-refractivity contribution in [3.8, 4) is 22.8 Å². The molecule has 0 saturated heterocycles. The highest BCUT2D eigenvalue weighted by atomic mass is 35.5. The number of phenolic OH excluding ortho intramolecular Hbond substituents is 1. The van der Waals surface area contributed by atoms with E-state index in [2.05, 4.69) is 21.8 Å². The molecule has 0 spiro atoms. The number of aromatic amines is 1. The van der Waals surface area contributed by atoms with Crippen LogP contribution < -0.4 is 0 Å². The van der Waals surface area contributed by atoms with Crippen LogP contribution in [0.2, 0.25) is 5.02 Å². The summed E-state index contributed by atoms with van der Waals surface area (Å²) < 4.78 is 2.19. The fourth-order valence-electron chi connectivity index (χ4n) is 3.28. The van der Waals surface area contributed by atoms with Crippen LogP contribution in [-0.2, 0) is 6.42 Å². The average molecular weight is 438 g/mol. The number of rotatable bonds is 5. The maximum atomic E-state index is 10.8. The molecule has 4 rings (SSSR count). The van der Waals surface area contributed by atoms with Gasteiger partial charge in [0.2, 0.25) is 0 Å². The molecular weight excluding hydrogens is 418 g/mol. The Kier molecular flexibility index (Phi) is 5.32. The maximum Gasteiger partial charge on any atom is 0.200 e. The Morgan fingerprint density at radius 1 is 1.27 bits per heavy atom. The van der Waals surface area contributed by atoms with Gasteiger partial charge < -0.3 is 10.0 Å². The van der Waals surface area contributed by atoms with Crippen LogP contribution in [0.15, 0.2) is 60.9 Å². The van der Waals surface area contributed by atoms with Crippen molar-refractivity contribution in [2.24, 2.45) is 0 Å². The van der Waals surface area contributed by atoms with Gasteiger partial charge in [-0.3, -0.25) is 14.6 Å². The third kappa shape index (κ3) is 3.58. The molecule has 8 heteroatoms. The van der Waals surface area contributed by atoms with Crippen molar-refractivity contribution in [1.29, 1.82) is 0 Å². The maximum absolute atomic E-state index is 10.8. The monoisotopic (exact) mass is 437 g/mol. The molecule has 2 heterocycles. The number of phenols is 1. The van der Waals surface area contributed by atoms with Gasteiger partial charge in [-0.1, -0.05) is 24.2 Å². The number of H-pyrrole nitrogens is 1. The summed E-state index contributed by atoms with van der Waals surface area (Å²) >= 11 is 12.0. The second kappa shape index (κ2) is 7.93. The molecular formula is C22H20ClN5OS. The molecule has 0 aliphatic rings. The Labute approximate surface area is 184 Å². The number of pyridine rings is 1. The minimum Gasteiger partial charge on any atom is -0.507 e. The second-order valence-corrected chi connectivity index (χ2v) is 7.93. The molecule has 0 saturated carbocycles. The average Bonchev–Trinajstić information content (AvgIpc) is 3.10. The highest BCUT2D eigenvalue weighted by Crippen LogP contribution is 2.36. The number of fused-ring (bicyclic) bond motifs is 1. The highest BCUT2D eigenvalue weighted by molar-refractivity contribution is 7.71. The molecule has 0 bridgehead atoms. The molecule has 30 heavy (non-hydrogen) atoms. The van der Waals surface area contributed by atoms with Gasteiger partial charge in [0.1, 0.15) is 5.75 Å². The van der Waals surface area contributed by atoms with E-state index in [9.17, 15) is 5.11 Å². The van der Waals surface area contributed by atoms with E-state index < -0.39 is 0 Å². The number of halogens is 1. The first-order chi connectivity index (χ1) is 14.4. The molecule has 0 atom stereocenters. The normalized spacial score (nSPS) is 11.0. The first kappa shape index (κ1) is 20.1. The van der Waals surface area contributed by atoms with Crippen LogP contribution in [0, 0.1) is 4.77 Å². The minimum atomic E-state index is 0.0644. The zero-order valence-corrected chi connectivity index (χ0v) is 18.1. The van der Waals surface area contributed by atoms with Gasteiger partial charge in [0.15, 0.2) is 10.6 Å². The lowest BCUT2D eigenvalue weighted by molar-refractivity contribution is 0.474. The molecule has 6 nitrogen and oxygen atoms in total. The lowest BCUT2D eigenvalue weighted by Crippen LogP contribution is -2.12. The first-order valence-corrected chi connectivity index (χ1v) is 10.0. The van der Waals surface area contributed by atoms with Crippen molar-refractivity contribution in [1.82, 2.24) is 24.6 Å². The van der Waals surface area contributed by atoms with Crippen molar-refractivity contribution in [2.45, 2.75) is 6.42 Å². The van der Waals surface area contributed by atoms with Gasteiger partial charge in [-0.25, -0.2) is 0 Å². The van der Waals surface area contributed by atoms with Gasteiger partial charge in [-0.05, 0) is 54.2 Å². The number of allylic oxidation sites excluding steroid dienone is 1. The second-order valence-electron chi connectivity index (χ2n) is 7.13. The zero-order chi connectivity index (χ0) is 21.4. The van der Waals surface area contributed by atoms with Gasteiger partial charge in [-0.2, -0.15) is 5.10 Å². The molecule has 0 radical (unpaired) electrons. The predicted octanol–water partition coefficient (Wildman–Crippen LogP) is 5.12. The lowest BCUT2D eigenvalue weighted by Gasteiger charge is -2.17. The Hall–Kier alpha value is -3.16. The quantitative estimate of drug-likeness (QED) is 0.424. The zero-order valence-electron chi connectivity index (χ0n) is 16.6. The summed E-state index contributed by atoms with van der Waals surface area (Å²) in [6.45, 7) is 4.03. The van der Waals surface area contributed by atoms with Gasteiger partial charge in [-0.15, -0.1) is 0 Å². The van der Waals surface area contributed by atoms with Crippen molar-refractivity contribution >= 4 is 34.7 Å². The van der Waals surface area contributed by atoms with E-state index in [4.69, 9.17) is 23.8 Å². The molecule has 2 aromatic heterocycles. The Bertz CT molecular complexity index is 1320. The number of benzene rings is 2. The standard InChI is InChI=1S/C22H20ClN5OS/c1-13(27(2)3)10-14-11-20(29)16(12-17(14)23)21-25-26-22(30)28(21)19-8-4-7-18-15(19)6-5-9-24-18/h4-9,11-12,29H,1,10H2,2-3H3,(H,26,30). The van der Waals surface area contributed by atoms with Crippen molar-refractivity contribution < 1.29 is 5.11 Å². The number of aromatic hydroxyl groups is 1. The van der Waals surface area contributed by atoms with Crippen LogP contribution in [0.3, 0.4) is 0 Å². The molecule has 2 N–H and O–H groups in total. The van der Waals surface area contributed by atoms with Crippen LogP contribution in [0.5, 0.6) is 5.75 Å².